The van der Waals surface area contributed by atoms with Crippen molar-refractivity contribution in [3.05, 3.63) is 30.7 Å². The molecule has 5 heteroatoms. The Balaban J connectivity index is 1.59. The summed E-state index contributed by atoms with van der Waals surface area (Å²) in [6.07, 6.45) is 6.36. The molecule has 3 rings (SSSR count). The van der Waals surface area contributed by atoms with E-state index >= 15 is 0 Å². The van der Waals surface area contributed by atoms with Crippen LogP contribution in [0.25, 0.3) is 11.5 Å². The van der Waals surface area contributed by atoms with Crippen molar-refractivity contribution in [2.24, 2.45) is 0 Å². The molecule has 2 aromatic rings. The maximum Gasteiger partial charge on any atom is 0.247 e. The zero-order valence-corrected chi connectivity index (χ0v) is 11.6. The molecule has 0 aliphatic heterocycles. The first-order valence-corrected chi connectivity index (χ1v) is 7.01. The van der Waals surface area contributed by atoms with Gasteiger partial charge < -0.3 is 14.5 Å². The summed E-state index contributed by atoms with van der Waals surface area (Å²) in [5.41, 5.74) is 2.07. The van der Waals surface area contributed by atoms with E-state index in [1.165, 1.54) is 6.39 Å². The number of nitrogens with one attached hydrogen (secondary N) is 1. The van der Waals surface area contributed by atoms with E-state index in [1.807, 2.05) is 12.1 Å². The Hall–Kier alpha value is -1.88. The zero-order valence-electron chi connectivity index (χ0n) is 11.6. The number of methoxy groups -OCH3 is 1. The number of nitrogens with zero attached hydrogens (tertiary/aromatic N) is 2. The second-order valence-electron chi connectivity index (χ2n) is 5.17. The van der Waals surface area contributed by atoms with E-state index in [4.69, 9.17) is 9.15 Å². The topological polar surface area (TPSA) is 60.2 Å². The molecular weight excluding hydrogens is 254 g/mol. The Kier molecular flexibility index (Phi) is 3.97. The van der Waals surface area contributed by atoms with Crippen molar-refractivity contribution >= 4 is 5.69 Å². The molecule has 106 valence electrons. The highest BCUT2D eigenvalue weighted by molar-refractivity contribution is 5.58. The van der Waals surface area contributed by atoms with Crippen LogP contribution in [0.5, 0.6) is 0 Å². The molecule has 1 aliphatic carbocycles. The first-order chi connectivity index (χ1) is 9.85. The molecule has 0 unspecified atom stereocenters. The fourth-order valence-corrected chi connectivity index (χ4v) is 2.69. The minimum absolute atomic E-state index is 0.438. The molecule has 1 saturated carbocycles. The van der Waals surface area contributed by atoms with Crippen LogP contribution in [0.1, 0.15) is 25.7 Å². The van der Waals surface area contributed by atoms with Crippen molar-refractivity contribution in [1.82, 2.24) is 10.2 Å². The van der Waals surface area contributed by atoms with Gasteiger partial charge in [0.25, 0.3) is 0 Å². The summed E-state index contributed by atoms with van der Waals surface area (Å²) in [4.78, 5) is 0. The molecule has 1 aliphatic rings. The molecule has 5 nitrogen and oxygen atoms in total. The van der Waals surface area contributed by atoms with E-state index in [9.17, 15) is 0 Å². The third-order valence-electron chi connectivity index (χ3n) is 3.87. The van der Waals surface area contributed by atoms with Gasteiger partial charge in [0.1, 0.15) is 0 Å². The van der Waals surface area contributed by atoms with Gasteiger partial charge in [-0.25, -0.2) is 0 Å². The van der Waals surface area contributed by atoms with Gasteiger partial charge in [0.2, 0.25) is 12.3 Å². The number of aromatic nitrogens is 2. The number of ether oxygens (including phenoxy) is 1. The predicted octanol–water partition coefficient (Wildman–Crippen LogP) is 3.11. The monoisotopic (exact) mass is 273 g/mol. The summed E-state index contributed by atoms with van der Waals surface area (Å²) in [5.74, 6) is 0.553. The Labute approximate surface area is 118 Å². The molecule has 0 atom stereocenters. The molecule has 0 radical (unpaired) electrons. The molecule has 0 bridgehead atoms. The maximum absolute atomic E-state index is 5.40. The van der Waals surface area contributed by atoms with E-state index in [-0.39, 0.29) is 0 Å². The van der Waals surface area contributed by atoms with Gasteiger partial charge in [-0.15, -0.1) is 10.2 Å². The van der Waals surface area contributed by atoms with Crippen LogP contribution < -0.4 is 5.32 Å². The lowest BCUT2D eigenvalue weighted by molar-refractivity contribution is 0.0682. The summed E-state index contributed by atoms with van der Waals surface area (Å²) in [6, 6.07) is 8.65. The number of hydrogen-bond acceptors (Lipinski definition) is 5. The number of anilines is 1. The van der Waals surface area contributed by atoms with Crippen LogP contribution in [0, 0.1) is 0 Å². The van der Waals surface area contributed by atoms with Gasteiger partial charge in [0.05, 0.1) is 6.10 Å². The fraction of sp³-hybridized carbons (Fsp3) is 0.467. The number of rotatable bonds is 4. The standard InChI is InChI=1S/C15H19N3O2/c1-19-14-8-6-13(7-9-14)17-12-4-2-11(3-5-12)15-18-16-10-20-15/h2-5,10,13-14,17H,6-9H2,1H3. The summed E-state index contributed by atoms with van der Waals surface area (Å²) >= 11 is 0. The average Bonchev–Trinajstić information content (AvgIpc) is 3.03. The van der Waals surface area contributed by atoms with Crippen LogP contribution >= 0.6 is 0 Å². The van der Waals surface area contributed by atoms with Gasteiger partial charge in [-0.3, -0.25) is 0 Å². The van der Waals surface area contributed by atoms with Crippen LogP contribution in [0.2, 0.25) is 0 Å². The summed E-state index contributed by atoms with van der Waals surface area (Å²) in [7, 11) is 1.80. The molecule has 1 heterocycles. The largest absolute Gasteiger partial charge is 0.423 e. The Bertz CT molecular complexity index is 517. The minimum Gasteiger partial charge on any atom is -0.423 e. The van der Waals surface area contributed by atoms with Crippen molar-refractivity contribution in [2.75, 3.05) is 12.4 Å². The van der Waals surface area contributed by atoms with E-state index < -0.39 is 0 Å². The van der Waals surface area contributed by atoms with Gasteiger partial charge in [-0.1, -0.05) is 0 Å². The smallest absolute Gasteiger partial charge is 0.247 e. The normalized spacial score (nSPS) is 22.6. The molecule has 20 heavy (non-hydrogen) atoms. The number of hydrogen-bond donors (Lipinski definition) is 1. The van der Waals surface area contributed by atoms with Crippen LogP contribution in [-0.2, 0) is 4.74 Å². The third-order valence-corrected chi connectivity index (χ3v) is 3.87. The summed E-state index contributed by atoms with van der Waals surface area (Å²) in [5, 5.41) is 11.2. The third kappa shape index (κ3) is 2.99. The average molecular weight is 273 g/mol. The highest BCUT2D eigenvalue weighted by atomic mass is 16.5. The highest BCUT2D eigenvalue weighted by Gasteiger charge is 2.20. The molecule has 1 aromatic heterocycles. The van der Waals surface area contributed by atoms with Gasteiger partial charge in [0.15, 0.2) is 0 Å². The van der Waals surface area contributed by atoms with Crippen molar-refractivity contribution in [3.63, 3.8) is 0 Å². The lowest BCUT2D eigenvalue weighted by atomic mass is 9.93. The van der Waals surface area contributed by atoms with E-state index in [0.717, 1.165) is 36.9 Å². The van der Waals surface area contributed by atoms with Crippen molar-refractivity contribution < 1.29 is 9.15 Å². The first kappa shape index (κ1) is 13.1. The summed E-state index contributed by atoms with van der Waals surface area (Å²) in [6.45, 7) is 0. The lowest BCUT2D eigenvalue weighted by Crippen LogP contribution is -2.29. The van der Waals surface area contributed by atoms with E-state index in [1.54, 1.807) is 7.11 Å². The van der Waals surface area contributed by atoms with Crippen LogP contribution in [-0.4, -0.2) is 29.5 Å². The van der Waals surface area contributed by atoms with Gasteiger partial charge in [0, 0.05) is 24.4 Å². The van der Waals surface area contributed by atoms with Crippen molar-refractivity contribution in [2.45, 2.75) is 37.8 Å². The van der Waals surface area contributed by atoms with Crippen LogP contribution in [0.15, 0.2) is 35.1 Å². The van der Waals surface area contributed by atoms with Crippen LogP contribution in [0.3, 0.4) is 0 Å². The van der Waals surface area contributed by atoms with E-state index in [2.05, 4.69) is 27.6 Å². The molecule has 1 aromatic carbocycles. The molecule has 1 N–H and O–H groups in total. The minimum atomic E-state index is 0.438. The second-order valence-corrected chi connectivity index (χ2v) is 5.17. The molecular formula is C15H19N3O2. The first-order valence-electron chi connectivity index (χ1n) is 7.01. The van der Waals surface area contributed by atoms with Gasteiger partial charge in [-0.05, 0) is 49.9 Å². The van der Waals surface area contributed by atoms with E-state index in [0.29, 0.717) is 18.0 Å². The number of benzene rings is 1. The Morgan fingerprint density at radius 2 is 1.90 bits per heavy atom. The van der Waals surface area contributed by atoms with Crippen molar-refractivity contribution in [3.8, 4) is 11.5 Å². The molecule has 1 fully saturated rings. The molecule has 0 spiro atoms. The summed E-state index contributed by atoms with van der Waals surface area (Å²) < 4.78 is 10.6. The highest BCUT2D eigenvalue weighted by Crippen LogP contribution is 2.25. The fourth-order valence-electron chi connectivity index (χ4n) is 2.69. The zero-order chi connectivity index (χ0) is 13.8. The molecule has 0 amide bonds. The van der Waals surface area contributed by atoms with Crippen molar-refractivity contribution in [1.29, 1.82) is 0 Å². The van der Waals surface area contributed by atoms with Gasteiger partial charge >= 0.3 is 0 Å². The van der Waals surface area contributed by atoms with Crippen LogP contribution in [0.4, 0.5) is 5.69 Å². The quantitative estimate of drug-likeness (QED) is 0.927. The Morgan fingerprint density at radius 3 is 2.50 bits per heavy atom. The SMILES string of the molecule is COC1CCC(Nc2ccc(-c3nnco3)cc2)CC1. The molecule has 0 saturated heterocycles. The maximum atomic E-state index is 5.40. The van der Waals surface area contributed by atoms with Gasteiger partial charge in [-0.2, -0.15) is 0 Å². The predicted molar refractivity (Wildman–Crippen MR) is 76.4 cm³/mol. The lowest BCUT2D eigenvalue weighted by Gasteiger charge is -2.28. The Morgan fingerprint density at radius 1 is 1.15 bits per heavy atom. The second kappa shape index (κ2) is 6.05.